The summed E-state index contributed by atoms with van der Waals surface area (Å²) in [6, 6.07) is 7.32. The lowest BCUT2D eigenvalue weighted by atomic mass is 10.00. The van der Waals surface area contributed by atoms with Gasteiger partial charge in [0.1, 0.15) is 0 Å². The average Bonchev–Trinajstić information content (AvgIpc) is 2.91. The van der Waals surface area contributed by atoms with Crippen LogP contribution in [-0.2, 0) is 16.0 Å². The van der Waals surface area contributed by atoms with Gasteiger partial charge < -0.3 is 5.11 Å². The molecule has 2 atom stereocenters. The summed E-state index contributed by atoms with van der Waals surface area (Å²) in [6.45, 7) is 2.20. The Bertz CT molecular complexity index is 513. The van der Waals surface area contributed by atoms with Crippen LogP contribution in [-0.4, -0.2) is 23.5 Å². The molecule has 0 bridgehead atoms. The summed E-state index contributed by atoms with van der Waals surface area (Å²) in [5, 5.41) is 8.90. The van der Waals surface area contributed by atoms with Crippen LogP contribution in [0.15, 0.2) is 24.3 Å². The molecule has 0 aromatic heterocycles. The van der Waals surface area contributed by atoms with E-state index in [0.717, 1.165) is 18.4 Å². The Labute approximate surface area is 118 Å². The fourth-order valence-electron chi connectivity index (χ4n) is 3.47. The summed E-state index contributed by atoms with van der Waals surface area (Å²) in [4.78, 5) is 26.2. The second-order valence-corrected chi connectivity index (χ2v) is 5.94. The topological polar surface area (TPSA) is 57.6 Å². The van der Waals surface area contributed by atoms with Gasteiger partial charge in [0.2, 0.25) is 11.8 Å². The van der Waals surface area contributed by atoms with Gasteiger partial charge >= 0.3 is 0 Å². The van der Waals surface area contributed by atoms with Crippen molar-refractivity contribution in [2.24, 2.45) is 17.8 Å². The first-order valence-corrected chi connectivity index (χ1v) is 7.19. The molecule has 2 fully saturated rings. The highest BCUT2D eigenvalue weighted by atomic mass is 16.3. The molecule has 1 aromatic carbocycles. The summed E-state index contributed by atoms with van der Waals surface area (Å²) in [6.07, 6.45) is 2.24. The van der Waals surface area contributed by atoms with Crippen LogP contribution in [0.25, 0.3) is 0 Å². The number of hydrogen-bond acceptors (Lipinski definition) is 3. The minimum Gasteiger partial charge on any atom is -0.396 e. The van der Waals surface area contributed by atoms with Crippen LogP contribution < -0.4 is 4.90 Å². The van der Waals surface area contributed by atoms with E-state index in [-0.39, 0.29) is 30.3 Å². The zero-order chi connectivity index (χ0) is 14.3. The SMILES string of the molecule is CC1CC2C(=O)N(c3ccc(CCO)cc3)C(=O)C2C1. The molecule has 106 valence electrons. The highest BCUT2D eigenvalue weighted by Gasteiger charge is 2.52. The lowest BCUT2D eigenvalue weighted by Crippen LogP contribution is -2.32. The Morgan fingerprint density at radius 3 is 2.15 bits per heavy atom. The molecule has 2 amide bonds. The predicted octanol–water partition coefficient (Wildman–Crippen LogP) is 1.76. The molecule has 20 heavy (non-hydrogen) atoms. The van der Waals surface area contributed by atoms with Gasteiger partial charge in [0.25, 0.3) is 0 Å². The van der Waals surface area contributed by atoms with E-state index in [0.29, 0.717) is 18.0 Å². The maximum absolute atomic E-state index is 12.4. The number of nitrogens with zero attached hydrogens (tertiary/aromatic N) is 1. The second-order valence-electron chi connectivity index (χ2n) is 5.94. The number of aliphatic hydroxyl groups excluding tert-OH is 1. The second kappa shape index (κ2) is 5.02. The van der Waals surface area contributed by atoms with Gasteiger partial charge in [0.05, 0.1) is 17.5 Å². The number of anilines is 1. The zero-order valence-corrected chi connectivity index (χ0v) is 11.6. The van der Waals surface area contributed by atoms with Gasteiger partial charge in [-0.15, -0.1) is 0 Å². The van der Waals surface area contributed by atoms with E-state index in [4.69, 9.17) is 5.11 Å². The maximum atomic E-state index is 12.4. The molecule has 0 radical (unpaired) electrons. The molecule has 1 heterocycles. The van der Waals surface area contributed by atoms with Gasteiger partial charge in [-0.05, 0) is 42.9 Å². The number of aliphatic hydroxyl groups is 1. The molecule has 2 aliphatic rings. The number of imide groups is 1. The van der Waals surface area contributed by atoms with Crippen LogP contribution in [0.2, 0.25) is 0 Å². The first-order valence-electron chi connectivity index (χ1n) is 7.19. The predicted molar refractivity (Wildman–Crippen MR) is 75.1 cm³/mol. The molecular weight excluding hydrogens is 254 g/mol. The van der Waals surface area contributed by atoms with Gasteiger partial charge in [-0.1, -0.05) is 19.1 Å². The van der Waals surface area contributed by atoms with Gasteiger partial charge in [-0.25, -0.2) is 0 Å². The molecule has 1 saturated heterocycles. The van der Waals surface area contributed by atoms with Crippen molar-refractivity contribution < 1.29 is 14.7 Å². The molecule has 4 nitrogen and oxygen atoms in total. The quantitative estimate of drug-likeness (QED) is 0.854. The highest BCUT2D eigenvalue weighted by Crippen LogP contribution is 2.44. The third-order valence-corrected chi connectivity index (χ3v) is 4.47. The van der Waals surface area contributed by atoms with Crippen molar-refractivity contribution in [3.8, 4) is 0 Å². The summed E-state index contributed by atoms with van der Waals surface area (Å²) in [7, 11) is 0. The van der Waals surface area contributed by atoms with Crippen LogP contribution in [0.3, 0.4) is 0 Å². The van der Waals surface area contributed by atoms with E-state index in [1.165, 1.54) is 4.90 Å². The van der Waals surface area contributed by atoms with E-state index in [9.17, 15) is 9.59 Å². The van der Waals surface area contributed by atoms with Gasteiger partial charge in [-0.2, -0.15) is 0 Å². The Morgan fingerprint density at radius 2 is 1.65 bits per heavy atom. The van der Waals surface area contributed by atoms with E-state index >= 15 is 0 Å². The third kappa shape index (κ3) is 2.04. The molecule has 1 aliphatic heterocycles. The largest absolute Gasteiger partial charge is 0.396 e. The summed E-state index contributed by atoms with van der Waals surface area (Å²) in [5.41, 5.74) is 1.66. The van der Waals surface area contributed by atoms with E-state index in [1.54, 1.807) is 12.1 Å². The van der Waals surface area contributed by atoms with Crippen LogP contribution in [0.5, 0.6) is 0 Å². The zero-order valence-electron chi connectivity index (χ0n) is 11.6. The van der Waals surface area contributed by atoms with Crippen LogP contribution in [0.1, 0.15) is 25.3 Å². The standard InChI is InChI=1S/C16H19NO3/c1-10-8-13-14(9-10)16(20)17(15(13)19)12-4-2-11(3-5-12)6-7-18/h2-5,10,13-14,18H,6-9H2,1H3. The van der Waals surface area contributed by atoms with Gasteiger partial charge in [0, 0.05) is 6.61 Å². The van der Waals surface area contributed by atoms with Crippen LogP contribution >= 0.6 is 0 Å². The lowest BCUT2D eigenvalue weighted by Gasteiger charge is -2.17. The van der Waals surface area contributed by atoms with Crippen LogP contribution in [0.4, 0.5) is 5.69 Å². The first kappa shape index (κ1) is 13.3. The number of carbonyl (C=O) groups excluding carboxylic acids is 2. The summed E-state index contributed by atoms with van der Waals surface area (Å²) < 4.78 is 0. The Hall–Kier alpha value is -1.68. The molecule has 1 aromatic rings. The number of fused-ring (bicyclic) bond motifs is 1. The fraction of sp³-hybridized carbons (Fsp3) is 0.500. The monoisotopic (exact) mass is 273 g/mol. The van der Waals surface area contributed by atoms with Crippen molar-refractivity contribution in [1.82, 2.24) is 0 Å². The van der Waals surface area contributed by atoms with E-state index in [2.05, 4.69) is 6.92 Å². The molecule has 0 spiro atoms. The molecule has 2 unspecified atom stereocenters. The number of carbonyl (C=O) groups is 2. The van der Waals surface area contributed by atoms with E-state index in [1.807, 2.05) is 12.1 Å². The average molecular weight is 273 g/mol. The molecular formula is C16H19NO3. The molecule has 1 saturated carbocycles. The normalized spacial score (nSPS) is 29.1. The van der Waals surface area contributed by atoms with Crippen molar-refractivity contribution >= 4 is 17.5 Å². The minimum absolute atomic E-state index is 0.0424. The molecule has 1 aliphatic carbocycles. The fourth-order valence-corrected chi connectivity index (χ4v) is 3.47. The van der Waals surface area contributed by atoms with Gasteiger partial charge in [-0.3, -0.25) is 14.5 Å². The van der Waals surface area contributed by atoms with E-state index < -0.39 is 0 Å². The minimum atomic E-state index is -0.116. The lowest BCUT2D eigenvalue weighted by molar-refractivity contribution is -0.123. The first-order chi connectivity index (χ1) is 9.61. The van der Waals surface area contributed by atoms with Crippen molar-refractivity contribution in [2.75, 3.05) is 11.5 Å². The van der Waals surface area contributed by atoms with Gasteiger partial charge in [0.15, 0.2) is 0 Å². The molecule has 4 heteroatoms. The van der Waals surface area contributed by atoms with Crippen molar-refractivity contribution in [3.05, 3.63) is 29.8 Å². The number of hydrogen-bond donors (Lipinski definition) is 1. The van der Waals surface area contributed by atoms with Crippen molar-refractivity contribution in [3.63, 3.8) is 0 Å². The summed E-state index contributed by atoms with van der Waals surface area (Å²) in [5.74, 6) is 0.148. The Morgan fingerprint density at radius 1 is 1.10 bits per heavy atom. The third-order valence-electron chi connectivity index (χ3n) is 4.47. The summed E-state index contributed by atoms with van der Waals surface area (Å²) >= 11 is 0. The van der Waals surface area contributed by atoms with Crippen molar-refractivity contribution in [1.29, 1.82) is 0 Å². The van der Waals surface area contributed by atoms with Crippen molar-refractivity contribution in [2.45, 2.75) is 26.2 Å². The Kier molecular flexibility index (Phi) is 3.34. The van der Waals surface area contributed by atoms with Crippen LogP contribution in [0, 0.1) is 17.8 Å². The number of rotatable bonds is 3. The highest BCUT2D eigenvalue weighted by molar-refractivity contribution is 6.22. The molecule has 1 N–H and O–H groups in total. The molecule has 3 rings (SSSR count). The maximum Gasteiger partial charge on any atom is 0.237 e. The number of amides is 2. The smallest absolute Gasteiger partial charge is 0.237 e. The number of benzene rings is 1. The Balaban J connectivity index is 1.84.